The Labute approximate surface area is 79.0 Å². The standard InChI is InChI=1S/C11H15NO/c1-9-3-5-11(6-4-9)7-8-12-10(2)13/h3-6H,7-8H2,1-2H3,(H,12,13). The summed E-state index contributed by atoms with van der Waals surface area (Å²) in [6.45, 7) is 4.32. The molecule has 0 unspecified atom stereocenters. The van der Waals surface area contributed by atoms with Crippen LogP contribution in [0.15, 0.2) is 24.3 Å². The molecule has 0 spiro atoms. The maximum absolute atomic E-state index is 10.6. The van der Waals surface area contributed by atoms with Gasteiger partial charge in [0.15, 0.2) is 0 Å². The summed E-state index contributed by atoms with van der Waals surface area (Å²) in [5.74, 6) is 0.0344. The zero-order valence-corrected chi connectivity index (χ0v) is 8.13. The molecule has 0 saturated heterocycles. The van der Waals surface area contributed by atoms with Crippen LogP contribution >= 0.6 is 0 Å². The number of carbonyl (C=O) groups excluding carboxylic acids is 1. The van der Waals surface area contributed by atoms with Gasteiger partial charge in [-0.25, -0.2) is 0 Å². The minimum atomic E-state index is 0.0344. The zero-order chi connectivity index (χ0) is 9.68. The van der Waals surface area contributed by atoms with Crippen LogP contribution in [0.4, 0.5) is 0 Å². The van der Waals surface area contributed by atoms with Crippen LogP contribution < -0.4 is 5.32 Å². The predicted molar refractivity (Wildman–Crippen MR) is 53.6 cm³/mol. The minimum absolute atomic E-state index is 0.0344. The highest BCUT2D eigenvalue weighted by molar-refractivity contribution is 5.72. The van der Waals surface area contributed by atoms with Gasteiger partial charge >= 0.3 is 0 Å². The molecule has 0 radical (unpaired) electrons. The molecule has 1 amide bonds. The number of aryl methyl sites for hydroxylation is 1. The number of hydrogen-bond acceptors (Lipinski definition) is 1. The topological polar surface area (TPSA) is 29.1 Å². The summed E-state index contributed by atoms with van der Waals surface area (Å²) in [4.78, 5) is 10.6. The first kappa shape index (κ1) is 9.78. The van der Waals surface area contributed by atoms with Gasteiger partial charge in [0.2, 0.25) is 5.91 Å². The zero-order valence-electron chi connectivity index (χ0n) is 8.13. The molecule has 0 atom stereocenters. The van der Waals surface area contributed by atoms with Crippen molar-refractivity contribution in [2.75, 3.05) is 6.54 Å². The maximum atomic E-state index is 10.6. The van der Waals surface area contributed by atoms with E-state index in [-0.39, 0.29) is 5.91 Å². The third kappa shape index (κ3) is 3.74. The molecule has 0 aliphatic carbocycles. The summed E-state index contributed by atoms with van der Waals surface area (Å²) < 4.78 is 0. The second kappa shape index (κ2) is 4.65. The van der Waals surface area contributed by atoms with Crippen LogP contribution in [0.25, 0.3) is 0 Å². The molecular formula is C11H15NO. The normalized spacial score (nSPS) is 9.69. The third-order valence-electron chi connectivity index (χ3n) is 1.91. The Morgan fingerprint density at radius 3 is 2.46 bits per heavy atom. The summed E-state index contributed by atoms with van der Waals surface area (Å²) in [5, 5.41) is 2.77. The first-order valence-corrected chi connectivity index (χ1v) is 4.48. The van der Waals surface area contributed by atoms with Gasteiger partial charge < -0.3 is 5.32 Å². The number of hydrogen-bond donors (Lipinski definition) is 1. The van der Waals surface area contributed by atoms with Crippen molar-refractivity contribution in [2.24, 2.45) is 0 Å². The molecule has 0 aliphatic rings. The molecule has 1 aromatic carbocycles. The number of amides is 1. The molecule has 0 heterocycles. The number of carbonyl (C=O) groups is 1. The van der Waals surface area contributed by atoms with Gasteiger partial charge in [0.05, 0.1) is 0 Å². The average molecular weight is 177 g/mol. The van der Waals surface area contributed by atoms with Crippen molar-refractivity contribution in [3.8, 4) is 0 Å². The predicted octanol–water partition coefficient (Wildman–Crippen LogP) is 1.67. The van der Waals surface area contributed by atoms with Crippen LogP contribution in [0.3, 0.4) is 0 Å². The van der Waals surface area contributed by atoms with Crippen molar-refractivity contribution in [3.05, 3.63) is 35.4 Å². The van der Waals surface area contributed by atoms with Gasteiger partial charge in [-0.3, -0.25) is 4.79 Å². The second-order valence-corrected chi connectivity index (χ2v) is 3.22. The molecule has 1 rings (SSSR count). The first-order chi connectivity index (χ1) is 6.18. The fourth-order valence-electron chi connectivity index (χ4n) is 1.14. The fraction of sp³-hybridized carbons (Fsp3) is 0.364. The van der Waals surface area contributed by atoms with Crippen LogP contribution in [0.1, 0.15) is 18.1 Å². The summed E-state index contributed by atoms with van der Waals surface area (Å²) >= 11 is 0. The molecule has 0 saturated carbocycles. The van der Waals surface area contributed by atoms with E-state index in [4.69, 9.17) is 0 Å². The summed E-state index contributed by atoms with van der Waals surface area (Å²) in [6.07, 6.45) is 0.903. The Bertz CT molecular complexity index is 277. The van der Waals surface area contributed by atoms with Gasteiger partial charge in [-0.15, -0.1) is 0 Å². The smallest absolute Gasteiger partial charge is 0.216 e. The number of benzene rings is 1. The molecule has 0 aromatic heterocycles. The maximum Gasteiger partial charge on any atom is 0.216 e. The fourth-order valence-corrected chi connectivity index (χ4v) is 1.14. The van der Waals surface area contributed by atoms with Crippen LogP contribution in [0.2, 0.25) is 0 Å². The van der Waals surface area contributed by atoms with E-state index in [1.807, 2.05) is 0 Å². The lowest BCUT2D eigenvalue weighted by Crippen LogP contribution is -2.22. The lowest BCUT2D eigenvalue weighted by atomic mass is 10.1. The van der Waals surface area contributed by atoms with Crippen molar-refractivity contribution in [1.29, 1.82) is 0 Å². The molecule has 2 heteroatoms. The molecule has 13 heavy (non-hydrogen) atoms. The van der Waals surface area contributed by atoms with Crippen LogP contribution in [0, 0.1) is 6.92 Å². The van der Waals surface area contributed by atoms with Gasteiger partial charge in [0, 0.05) is 13.5 Å². The number of rotatable bonds is 3. The van der Waals surface area contributed by atoms with E-state index in [0.29, 0.717) is 0 Å². The van der Waals surface area contributed by atoms with E-state index in [9.17, 15) is 4.79 Å². The molecule has 2 nitrogen and oxygen atoms in total. The highest BCUT2D eigenvalue weighted by atomic mass is 16.1. The van der Waals surface area contributed by atoms with Gasteiger partial charge in [0.25, 0.3) is 0 Å². The molecule has 1 N–H and O–H groups in total. The summed E-state index contributed by atoms with van der Waals surface area (Å²) in [7, 11) is 0. The molecule has 70 valence electrons. The van der Waals surface area contributed by atoms with Crippen molar-refractivity contribution in [1.82, 2.24) is 5.32 Å². The van der Waals surface area contributed by atoms with E-state index >= 15 is 0 Å². The van der Waals surface area contributed by atoms with Gasteiger partial charge in [-0.05, 0) is 18.9 Å². The van der Waals surface area contributed by atoms with Gasteiger partial charge in [-0.2, -0.15) is 0 Å². The van der Waals surface area contributed by atoms with E-state index in [2.05, 4.69) is 36.5 Å². The average Bonchev–Trinajstić information content (AvgIpc) is 2.08. The summed E-state index contributed by atoms with van der Waals surface area (Å²) in [6, 6.07) is 8.36. The molecule has 0 aliphatic heterocycles. The monoisotopic (exact) mass is 177 g/mol. The molecular weight excluding hydrogens is 162 g/mol. The van der Waals surface area contributed by atoms with Crippen LogP contribution in [-0.4, -0.2) is 12.5 Å². The SMILES string of the molecule is CC(=O)NCCc1ccc(C)cc1. The quantitative estimate of drug-likeness (QED) is 0.747. The van der Waals surface area contributed by atoms with Crippen molar-refractivity contribution < 1.29 is 4.79 Å². The highest BCUT2D eigenvalue weighted by Gasteiger charge is 1.93. The van der Waals surface area contributed by atoms with Crippen molar-refractivity contribution in [3.63, 3.8) is 0 Å². The molecule has 1 aromatic rings. The number of nitrogens with one attached hydrogen (secondary N) is 1. The Hall–Kier alpha value is -1.31. The third-order valence-corrected chi connectivity index (χ3v) is 1.91. The lowest BCUT2D eigenvalue weighted by Gasteiger charge is -2.02. The second-order valence-electron chi connectivity index (χ2n) is 3.22. The van der Waals surface area contributed by atoms with Crippen molar-refractivity contribution >= 4 is 5.91 Å². The van der Waals surface area contributed by atoms with Crippen LogP contribution in [0.5, 0.6) is 0 Å². The molecule has 0 fully saturated rings. The summed E-state index contributed by atoms with van der Waals surface area (Å²) in [5.41, 5.74) is 2.53. The van der Waals surface area contributed by atoms with E-state index in [0.717, 1.165) is 13.0 Å². The highest BCUT2D eigenvalue weighted by Crippen LogP contribution is 2.02. The van der Waals surface area contributed by atoms with E-state index < -0.39 is 0 Å². The Kier molecular flexibility index (Phi) is 3.50. The Morgan fingerprint density at radius 2 is 1.92 bits per heavy atom. The van der Waals surface area contributed by atoms with Gasteiger partial charge in [0.1, 0.15) is 0 Å². The lowest BCUT2D eigenvalue weighted by molar-refractivity contribution is -0.118. The van der Waals surface area contributed by atoms with E-state index in [1.165, 1.54) is 18.1 Å². The van der Waals surface area contributed by atoms with E-state index in [1.54, 1.807) is 0 Å². The Balaban J connectivity index is 2.37. The van der Waals surface area contributed by atoms with Crippen molar-refractivity contribution in [2.45, 2.75) is 20.3 Å². The minimum Gasteiger partial charge on any atom is -0.356 e. The Morgan fingerprint density at radius 1 is 1.31 bits per heavy atom. The molecule has 0 bridgehead atoms. The van der Waals surface area contributed by atoms with Crippen LogP contribution in [-0.2, 0) is 11.2 Å². The van der Waals surface area contributed by atoms with Gasteiger partial charge in [-0.1, -0.05) is 29.8 Å². The first-order valence-electron chi connectivity index (χ1n) is 4.48. The largest absolute Gasteiger partial charge is 0.356 e.